The number of rotatable bonds is 6. The Morgan fingerprint density at radius 3 is 2.43 bits per heavy atom. The van der Waals surface area contributed by atoms with E-state index < -0.39 is 0 Å². The minimum absolute atomic E-state index is 0.409. The second-order valence-corrected chi connectivity index (χ2v) is 5.46. The minimum atomic E-state index is 0.409. The average Bonchev–Trinajstić information content (AvgIpc) is 2.02. The van der Waals surface area contributed by atoms with E-state index in [4.69, 9.17) is 12.2 Å². The normalized spacial score (nSPS) is 12.6. The van der Waals surface area contributed by atoms with Gasteiger partial charge in [-0.05, 0) is 50.9 Å². The molecule has 0 aliphatic carbocycles. The topological polar surface area (TPSA) is 24.1 Å². The fourth-order valence-corrected chi connectivity index (χ4v) is 2.25. The summed E-state index contributed by atoms with van der Waals surface area (Å²) >= 11 is 7.13. The molecule has 4 heteroatoms. The van der Waals surface area contributed by atoms with Crippen molar-refractivity contribution in [2.24, 2.45) is 0 Å². The SMILES string of the molecule is CCSCCC(C)NC(=S)NC(C)C. The largest absolute Gasteiger partial charge is 0.361 e. The molecule has 0 fully saturated rings. The van der Waals surface area contributed by atoms with Crippen molar-refractivity contribution in [1.82, 2.24) is 10.6 Å². The van der Waals surface area contributed by atoms with Gasteiger partial charge in [-0.3, -0.25) is 0 Å². The summed E-state index contributed by atoms with van der Waals surface area (Å²) in [6, 6.07) is 0.875. The van der Waals surface area contributed by atoms with E-state index in [0.29, 0.717) is 12.1 Å². The second kappa shape index (κ2) is 8.36. The zero-order valence-electron chi connectivity index (χ0n) is 9.59. The highest BCUT2D eigenvalue weighted by Crippen LogP contribution is 2.03. The van der Waals surface area contributed by atoms with E-state index in [2.05, 4.69) is 38.3 Å². The van der Waals surface area contributed by atoms with E-state index in [-0.39, 0.29) is 0 Å². The van der Waals surface area contributed by atoms with Crippen LogP contribution < -0.4 is 10.6 Å². The van der Waals surface area contributed by atoms with E-state index in [1.54, 1.807) is 0 Å². The molecule has 1 unspecified atom stereocenters. The molecular weight excluding hydrogens is 212 g/mol. The van der Waals surface area contributed by atoms with Gasteiger partial charge in [0.2, 0.25) is 0 Å². The maximum absolute atomic E-state index is 5.16. The lowest BCUT2D eigenvalue weighted by Crippen LogP contribution is -2.43. The number of nitrogens with one attached hydrogen (secondary N) is 2. The second-order valence-electron chi connectivity index (χ2n) is 3.66. The smallest absolute Gasteiger partial charge is 0.166 e. The first kappa shape index (κ1) is 14.0. The molecule has 0 radical (unpaired) electrons. The van der Waals surface area contributed by atoms with Crippen LogP contribution in [0.15, 0.2) is 0 Å². The first-order valence-electron chi connectivity index (χ1n) is 5.21. The first-order chi connectivity index (χ1) is 6.56. The van der Waals surface area contributed by atoms with Gasteiger partial charge in [0.1, 0.15) is 0 Å². The maximum atomic E-state index is 5.16. The Labute approximate surface area is 97.6 Å². The molecule has 2 nitrogen and oxygen atoms in total. The van der Waals surface area contributed by atoms with Crippen molar-refractivity contribution in [3.8, 4) is 0 Å². The molecule has 0 spiro atoms. The van der Waals surface area contributed by atoms with Gasteiger partial charge in [0.05, 0.1) is 0 Å². The molecule has 0 aliphatic heterocycles. The van der Waals surface area contributed by atoms with Crippen LogP contribution >= 0.6 is 24.0 Å². The lowest BCUT2D eigenvalue weighted by atomic mass is 10.3. The van der Waals surface area contributed by atoms with Crippen LogP contribution in [0.3, 0.4) is 0 Å². The summed E-state index contributed by atoms with van der Waals surface area (Å²) in [5.74, 6) is 2.40. The molecule has 84 valence electrons. The van der Waals surface area contributed by atoms with Crippen molar-refractivity contribution in [2.75, 3.05) is 11.5 Å². The van der Waals surface area contributed by atoms with E-state index in [1.807, 2.05) is 11.8 Å². The Kier molecular flexibility index (Phi) is 8.38. The molecule has 0 aromatic carbocycles. The van der Waals surface area contributed by atoms with Crippen molar-refractivity contribution >= 4 is 29.1 Å². The monoisotopic (exact) mass is 234 g/mol. The van der Waals surface area contributed by atoms with Crippen LogP contribution in [0.2, 0.25) is 0 Å². The van der Waals surface area contributed by atoms with Crippen LogP contribution in [0.5, 0.6) is 0 Å². The lowest BCUT2D eigenvalue weighted by molar-refractivity contribution is 0.622. The fraction of sp³-hybridized carbons (Fsp3) is 0.900. The molecule has 0 amide bonds. The predicted molar refractivity (Wildman–Crippen MR) is 71.1 cm³/mol. The molecule has 0 saturated heterocycles. The molecule has 1 atom stereocenters. The molecule has 0 rings (SSSR count). The lowest BCUT2D eigenvalue weighted by Gasteiger charge is -2.18. The predicted octanol–water partition coefficient (Wildman–Crippen LogP) is 2.39. The van der Waals surface area contributed by atoms with E-state index in [1.165, 1.54) is 17.9 Å². The Bertz CT molecular complexity index is 160. The molecule has 0 bridgehead atoms. The van der Waals surface area contributed by atoms with Gasteiger partial charge in [0.25, 0.3) is 0 Å². The number of hydrogen-bond acceptors (Lipinski definition) is 2. The van der Waals surface area contributed by atoms with Gasteiger partial charge in [-0.2, -0.15) is 11.8 Å². The number of thiocarbonyl (C=S) groups is 1. The van der Waals surface area contributed by atoms with Gasteiger partial charge < -0.3 is 10.6 Å². The summed E-state index contributed by atoms with van der Waals surface area (Å²) < 4.78 is 0. The molecule has 0 saturated carbocycles. The highest BCUT2D eigenvalue weighted by atomic mass is 32.2. The van der Waals surface area contributed by atoms with Gasteiger partial charge in [0.15, 0.2) is 5.11 Å². The Morgan fingerprint density at radius 2 is 1.93 bits per heavy atom. The summed E-state index contributed by atoms with van der Waals surface area (Å²) in [5.41, 5.74) is 0. The summed E-state index contributed by atoms with van der Waals surface area (Å²) in [6.45, 7) is 8.54. The van der Waals surface area contributed by atoms with Gasteiger partial charge in [-0.15, -0.1) is 0 Å². The van der Waals surface area contributed by atoms with Crippen molar-refractivity contribution < 1.29 is 0 Å². The van der Waals surface area contributed by atoms with Crippen molar-refractivity contribution in [3.05, 3.63) is 0 Å². The standard InChI is InChI=1S/C10H22N2S2/c1-5-14-7-6-9(4)12-10(13)11-8(2)3/h8-9H,5-7H2,1-4H3,(H2,11,12,13). The summed E-state index contributed by atoms with van der Waals surface area (Å²) in [7, 11) is 0. The summed E-state index contributed by atoms with van der Waals surface area (Å²) in [6.07, 6.45) is 1.17. The van der Waals surface area contributed by atoms with Crippen LogP contribution in [0.1, 0.15) is 34.1 Å². The number of thioether (sulfide) groups is 1. The van der Waals surface area contributed by atoms with E-state index in [9.17, 15) is 0 Å². The van der Waals surface area contributed by atoms with Gasteiger partial charge in [-0.25, -0.2) is 0 Å². The Balaban J connectivity index is 3.50. The van der Waals surface area contributed by atoms with Gasteiger partial charge in [-0.1, -0.05) is 6.92 Å². The Hall–Kier alpha value is 0.0400. The summed E-state index contributed by atoms with van der Waals surface area (Å²) in [5, 5.41) is 7.23. The van der Waals surface area contributed by atoms with Crippen LogP contribution in [0.4, 0.5) is 0 Å². The molecule has 2 N–H and O–H groups in total. The fourth-order valence-electron chi connectivity index (χ4n) is 1.00. The van der Waals surface area contributed by atoms with Gasteiger partial charge in [0, 0.05) is 12.1 Å². The molecule has 0 aromatic heterocycles. The highest BCUT2D eigenvalue weighted by Gasteiger charge is 2.04. The maximum Gasteiger partial charge on any atom is 0.166 e. The molecule has 0 aliphatic rings. The van der Waals surface area contributed by atoms with Crippen LogP contribution in [0.25, 0.3) is 0 Å². The third-order valence-electron chi connectivity index (χ3n) is 1.70. The molecular formula is C10H22N2S2. The van der Waals surface area contributed by atoms with E-state index in [0.717, 1.165) is 5.11 Å². The van der Waals surface area contributed by atoms with Crippen LogP contribution in [-0.2, 0) is 0 Å². The molecule has 14 heavy (non-hydrogen) atoms. The third kappa shape index (κ3) is 8.63. The van der Waals surface area contributed by atoms with Crippen LogP contribution in [-0.4, -0.2) is 28.7 Å². The Morgan fingerprint density at radius 1 is 1.29 bits per heavy atom. The summed E-state index contributed by atoms with van der Waals surface area (Å²) in [4.78, 5) is 0. The minimum Gasteiger partial charge on any atom is -0.361 e. The average molecular weight is 234 g/mol. The third-order valence-corrected chi connectivity index (χ3v) is 2.86. The van der Waals surface area contributed by atoms with Crippen molar-refractivity contribution in [3.63, 3.8) is 0 Å². The quantitative estimate of drug-likeness (QED) is 0.544. The highest BCUT2D eigenvalue weighted by molar-refractivity contribution is 7.99. The molecule has 0 heterocycles. The van der Waals surface area contributed by atoms with Gasteiger partial charge >= 0.3 is 0 Å². The van der Waals surface area contributed by atoms with Crippen molar-refractivity contribution in [1.29, 1.82) is 0 Å². The zero-order valence-corrected chi connectivity index (χ0v) is 11.2. The first-order valence-corrected chi connectivity index (χ1v) is 6.77. The van der Waals surface area contributed by atoms with Crippen LogP contribution in [0, 0.1) is 0 Å². The number of hydrogen-bond donors (Lipinski definition) is 2. The zero-order chi connectivity index (χ0) is 11.0. The van der Waals surface area contributed by atoms with E-state index >= 15 is 0 Å². The molecule has 0 aromatic rings. The van der Waals surface area contributed by atoms with Crippen molar-refractivity contribution in [2.45, 2.75) is 46.2 Å².